The van der Waals surface area contributed by atoms with Gasteiger partial charge in [0.15, 0.2) is 0 Å². The lowest BCUT2D eigenvalue weighted by molar-refractivity contribution is -0.176. The fourth-order valence-electron chi connectivity index (χ4n) is 3.00. The summed E-state index contributed by atoms with van der Waals surface area (Å²) < 4.78 is 40.8. The molecule has 1 fully saturated rings. The summed E-state index contributed by atoms with van der Waals surface area (Å²) in [5.41, 5.74) is 0.682. The highest BCUT2D eigenvalue weighted by Gasteiger charge is 2.65. The van der Waals surface area contributed by atoms with Crippen molar-refractivity contribution in [2.45, 2.75) is 33.2 Å². The fourth-order valence-corrected chi connectivity index (χ4v) is 3.00. The third-order valence-corrected chi connectivity index (χ3v) is 4.37. The van der Waals surface area contributed by atoms with Crippen molar-refractivity contribution in [2.75, 3.05) is 6.61 Å². The second kappa shape index (κ2) is 7.03. The van der Waals surface area contributed by atoms with Gasteiger partial charge in [-0.1, -0.05) is 38.1 Å². The predicted molar refractivity (Wildman–Crippen MR) is 82.4 cm³/mol. The van der Waals surface area contributed by atoms with Gasteiger partial charge in [-0.2, -0.15) is 13.2 Å². The van der Waals surface area contributed by atoms with Crippen molar-refractivity contribution in [1.29, 1.82) is 0 Å². The zero-order valence-corrected chi connectivity index (χ0v) is 13.9. The zero-order chi connectivity index (χ0) is 18.8. The van der Waals surface area contributed by atoms with E-state index in [-0.39, 0.29) is 19.1 Å². The van der Waals surface area contributed by atoms with E-state index in [1.807, 2.05) is 0 Å². The molecule has 5 nitrogen and oxygen atoms in total. The highest BCUT2D eigenvalue weighted by Crippen LogP contribution is 2.58. The first-order chi connectivity index (χ1) is 11.5. The molecule has 1 aromatic rings. The molecule has 0 aliphatic heterocycles. The van der Waals surface area contributed by atoms with Gasteiger partial charge in [-0.3, -0.25) is 9.59 Å². The maximum Gasteiger partial charge on any atom is 0.411 e. The van der Waals surface area contributed by atoms with Crippen LogP contribution in [0, 0.1) is 17.3 Å². The number of benzene rings is 1. The number of carboxylic acids is 1. The molecule has 1 aliphatic carbocycles. The number of alkyl halides is 3. The van der Waals surface area contributed by atoms with Crippen molar-refractivity contribution in [3.05, 3.63) is 35.4 Å². The molecule has 25 heavy (non-hydrogen) atoms. The maximum absolute atomic E-state index is 12.2. The Kier molecular flexibility index (Phi) is 5.41. The average molecular weight is 359 g/mol. The van der Waals surface area contributed by atoms with Gasteiger partial charge in [0, 0.05) is 6.54 Å². The van der Waals surface area contributed by atoms with Crippen LogP contribution in [0.5, 0.6) is 0 Å². The van der Waals surface area contributed by atoms with Crippen LogP contribution in [0.1, 0.15) is 25.0 Å². The minimum Gasteiger partial charge on any atom is -0.481 e. The smallest absolute Gasteiger partial charge is 0.411 e. The third kappa shape index (κ3) is 4.94. The van der Waals surface area contributed by atoms with Crippen LogP contribution in [0.15, 0.2) is 24.3 Å². The van der Waals surface area contributed by atoms with Crippen molar-refractivity contribution >= 4 is 11.9 Å². The average Bonchev–Trinajstić information content (AvgIpc) is 3.07. The molecule has 0 saturated heterocycles. The van der Waals surface area contributed by atoms with Gasteiger partial charge in [-0.25, -0.2) is 0 Å². The quantitative estimate of drug-likeness (QED) is 0.785. The van der Waals surface area contributed by atoms with Crippen molar-refractivity contribution < 1.29 is 32.6 Å². The van der Waals surface area contributed by atoms with Crippen LogP contribution in [0.2, 0.25) is 0 Å². The molecule has 0 aromatic heterocycles. The summed E-state index contributed by atoms with van der Waals surface area (Å²) in [6.45, 7) is 2.13. The zero-order valence-electron chi connectivity index (χ0n) is 13.9. The first-order valence-corrected chi connectivity index (χ1v) is 7.75. The molecule has 0 heterocycles. The Morgan fingerprint density at radius 2 is 1.88 bits per heavy atom. The molecule has 1 aromatic carbocycles. The van der Waals surface area contributed by atoms with Gasteiger partial charge in [0.05, 0.1) is 18.4 Å². The lowest BCUT2D eigenvalue weighted by atomic mass is 10.1. The molecule has 0 radical (unpaired) electrons. The van der Waals surface area contributed by atoms with Crippen LogP contribution in [0.25, 0.3) is 0 Å². The Hall–Kier alpha value is -2.09. The monoisotopic (exact) mass is 359 g/mol. The van der Waals surface area contributed by atoms with Crippen LogP contribution in [-0.4, -0.2) is 29.8 Å². The van der Waals surface area contributed by atoms with Gasteiger partial charge in [-0.05, 0) is 16.5 Å². The van der Waals surface area contributed by atoms with E-state index in [1.165, 1.54) is 0 Å². The highest BCUT2D eigenvalue weighted by molar-refractivity contribution is 5.91. The van der Waals surface area contributed by atoms with E-state index in [9.17, 15) is 22.8 Å². The van der Waals surface area contributed by atoms with Gasteiger partial charge in [-0.15, -0.1) is 0 Å². The highest BCUT2D eigenvalue weighted by atomic mass is 19.4. The van der Waals surface area contributed by atoms with E-state index in [2.05, 4.69) is 10.1 Å². The molecule has 138 valence electrons. The SMILES string of the molecule is CC1(C)[C@H](C(=O)O)[C@@H]1C(=O)NCc1cccc(COCC(F)(F)F)c1. The largest absolute Gasteiger partial charge is 0.481 e. The van der Waals surface area contributed by atoms with Crippen LogP contribution >= 0.6 is 0 Å². The van der Waals surface area contributed by atoms with E-state index in [0.717, 1.165) is 0 Å². The topological polar surface area (TPSA) is 75.6 Å². The molecule has 2 atom stereocenters. The Balaban J connectivity index is 1.86. The van der Waals surface area contributed by atoms with E-state index in [4.69, 9.17) is 5.11 Å². The number of carbonyl (C=O) groups excluding carboxylic acids is 1. The van der Waals surface area contributed by atoms with E-state index < -0.39 is 36.0 Å². The predicted octanol–water partition coefficient (Wildman–Crippen LogP) is 2.74. The molecule has 2 N–H and O–H groups in total. The summed E-state index contributed by atoms with van der Waals surface area (Å²) >= 11 is 0. The summed E-state index contributed by atoms with van der Waals surface area (Å²) in [6.07, 6.45) is -4.37. The standard InChI is InChI=1S/C17H20F3NO4/c1-16(2)12(13(16)15(23)24)14(22)21-7-10-4-3-5-11(6-10)8-25-9-17(18,19)20/h3-6,12-13H,7-9H2,1-2H3,(H,21,22)(H,23,24)/t12-,13+/m1/s1. The summed E-state index contributed by atoms with van der Waals surface area (Å²) in [4.78, 5) is 23.3. The number of ether oxygens (including phenoxy) is 1. The van der Waals surface area contributed by atoms with Gasteiger partial charge < -0.3 is 15.2 Å². The summed E-state index contributed by atoms with van der Waals surface area (Å²) in [5, 5.41) is 11.8. The number of amides is 1. The van der Waals surface area contributed by atoms with Crippen molar-refractivity contribution in [3.8, 4) is 0 Å². The maximum atomic E-state index is 12.2. The molecule has 0 unspecified atom stereocenters. The molecular weight excluding hydrogens is 339 g/mol. The molecule has 1 aliphatic rings. The Morgan fingerprint density at radius 1 is 1.24 bits per heavy atom. The Morgan fingerprint density at radius 3 is 2.44 bits per heavy atom. The Labute approximate surface area is 143 Å². The first kappa shape index (κ1) is 19.2. The van der Waals surface area contributed by atoms with E-state index in [0.29, 0.717) is 11.1 Å². The normalized spacial score (nSPS) is 21.6. The second-order valence-electron chi connectivity index (χ2n) is 6.76. The van der Waals surface area contributed by atoms with Gasteiger partial charge in [0.25, 0.3) is 0 Å². The summed E-state index contributed by atoms with van der Waals surface area (Å²) in [5.74, 6) is -2.61. The van der Waals surface area contributed by atoms with Crippen molar-refractivity contribution in [2.24, 2.45) is 17.3 Å². The van der Waals surface area contributed by atoms with Crippen LogP contribution in [-0.2, 0) is 27.5 Å². The summed E-state index contributed by atoms with van der Waals surface area (Å²) in [7, 11) is 0. The number of nitrogens with one attached hydrogen (secondary N) is 1. The first-order valence-electron chi connectivity index (χ1n) is 7.75. The van der Waals surface area contributed by atoms with Crippen LogP contribution < -0.4 is 5.32 Å². The number of carboxylic acid groups (broad SMARTS) is 1. The van der Waals surface area contributed by atoms with Crippen LogP contribution in [0.4, 0.5) is 13.2 Å². The minimum absolute atomic E-state index is 0.171. The lowest BCUT2D eigenvalue weighted by Crippen LogP contribution is -2.26. The minimum atomic E-state index is -4.37. The molecular formula is C17H20F3NO4. The molecule has 1 amide bonds. The van der Waals surface area contributed by atoms with Crippen LogP contribution in [0.3, 0.4) is 0 Å². The molecule has 0 bridgehead atoms. The van der Waals surface area contributed by atoms with Crippen molar-refractivity contribution in [3.63, 3.8) is 0 Å². The van der Waals surface area contributed by atoms with Gasteiger partial charge in [0.2, 0.25) is 5.91 Å². The Bertz CT molecular complexity index is 658. The molecule has 2 rings (SSSR count). The van der Waals surface area contributed by atoms with E-state index >= 15 is 0 Å². The lowest BCUT2D eigenvalue weighted by Gasteiger charge is -2.10. The molecule has 1 saturated carbocycles. The number of rotatable bonds is 7. The molecule has 0 spiro atoms. The molecule has 8 heteroatoms. The number of halogens is 3. The number of hydrogen-bond acceptors (Lipinski definition) is 3. The third-order valence-electron chi connectivity index (χ3n) is 4.37. The van der Waals surface area contributed by atoms with Crippen molar-refractivity contribution in [1.82, 2.24) is 5.32 Å². The second-order valence-corrected chi connectivity index (χ2v) is 6.76. The summed E-state index contributed by atoms with van der Waals surface area (Å²) in [6, 6.07) is 6.66. The number of hydrogen-bond donors (Lipinski definition) is 2. The number of carbonyl (C=O) groups is 2. The fraction of sp³-hybridized carbons (Fsp3) is 0.529. The van der Waals surface area contributed by atoms with Gasteiger partial charge >= 0.3 is 12.1 Å². The number of aliphatic carboxylic acids is 1. The van der Waals surface area contributed by atoms with E-state index in [1.54, 1.807) is 38.1 Å². The van der Waals surface area contributed by atoms with Gasteiger partial charge in [0.1, 0.15) is 6.61 Å².